The highest BCUT2D eigenvalue weighted by Crippen LogP contribution is 2.20. The molecule has 2 aromatic rings. The Kier molecular flexibility index (Phi) is 5.56. The van der Waals surface area contributed by atoms with Crippen molar-refractivity contribution >= 4 is 6.03 Å². The van der Waals surface area contributed by atoms with Crippen LogP contribution in [0, 0.1) is 5.92 Å². The molecule has 0 aliphatic rings. The number of carbonyl (C=O) groups excluding carboxylic acids is 1. The maximum Gasteiger partial charge on any atom is 0.315 e. The van der Waals surface area contributed by atoms with E-state index in [1.807, 2.05) is 32.0 Å². The maximum absolute atomic E-state index is 12.2. The predicted octanol–water partition coefficient (Wildman–Crippen LogP) is 1.72. The lowest BCUT2D eigenvalue weighted by Crippen LogP contribution is -2.45. The molecule has 24 heavy (non-hydrogen) atoms. The van der Waals surface area contributed by atoms with Gasteiger partial charge in [0.05, 0.1) is 24.5 Å². The average molecular weight is 331 g/mol. The molecule has 2 rings (SSSR count). The van der Waals surface area contributed by atoms with Crippen molar-refractivity contribution in [2.45, 2.75) is 32.4 Å². The Morgan fingerprint density at radius 1 is 1.42 bits per heavy atom. The fourth-order valence-corrected chi connectivity index (χ4v) is 2.39. The molecule has 0 aromatic carbocycles. The maximum atomic E-state index is 12.2. The van der Waals surface area contributed by atoms with Crippen LogP contribution < -0.4 is 10.6 Å². The Hall–Kier alpha value is -2.41. The van der Waals surface area contributed by atoms with Crippen molar-refractivity contribution in [3.8, 4) is 0 Å². The van der Waals surface area contributed by atoms with E-state index in [4.69, 9.17) is 0 Å². The third-order valence-electron chi connectivity index (χ3n) is 3.88. The lowest BCUT2D eigenvalue weighted by atomic mass is 9.99. The molecular weight excluding hydrogens is 306 g/mol. The van der Waals surface area contributed by atoms with Gasteiger partial charge in [-0.1, -0.05) is 19.9 Å². The number of nitrogens with zero attached hydrogens (tertiary/aromatic N) is 3. The summed E-state index contributed by atoms with van der Waals surface area (Å²) in [6.07, 6.45) is 5.02. The van der Waals surface area contributed by atoms with Crippen molar-refractivity contribution in [3.05, 3.63) is 48.0 Å². The van der Waals surface area contributed by atoms with Gasteiger partial charge in [0.25, 0.3) is 0 Å². The van der Waals surface area contributed by atoms with Gasteiger partial charge in [-0.3, -0.25) is 9.67 Å². The van der Waals surface area contributed by atoms with Gasteiger partial charge in [-0.05, 0) is 25.0 Å². The molecule has 0 aliphatic heterocycles. The topological polar surface area (TPSA) is 92.1 Å². The van der Waals surface area contributed by atoms with E-state index in [0.717, 1.165) is 5.69 Å². The molecule has 0 radical (unpaired) electrons. The summed E-state index contributed by atoms with van der Waals surface area (Å²) in [6.45, 7) is 5.76. The molecular formula is C17H25N5O2. The van der Waals surface area contributed by atoms with E-state index in [9.17, 15) is 9.90 Å². The third kappa shape index (κ3) is 4.55. The molecule has 2 heterocycles. The summed E-state index contributed by atoms with van der Waals surface area (Å²) >= 11 is 0. The molecule has 2 atom stereocenters. The Morgan fingerprint density at radius 3 is 2.71 bits per heavy atom. The van der Waals surface area contributed by atoms with Gasteiger partial charge in [0, 0.05) is 25.0 Å². The average Bonchev–Trinajstić information content (AvgIpc) is 2.99. The van der Waals surface area contributed by atoms with E-state index in [1.54, 1.807) is 37.2 Å². The lowest BCUT2D eigenvalue weighted by Gasteiger charge is -2.25. The van der Waals surface area contributed by atoms with Gasteiger partial charge in [-0.2, -0.15) is 5.10 Å². The summed E-state index contributed by atoms with van der Waals surface area (Å²) < 4.78 is 1.61. The first-order valence-electron chi connectivity index (χ1n) is 7.96. The molecule has 0 fully saturated rings. The van der Waals surface area contributed by atoms with Gasteiger partial charge in [-0.15, -0.1) is 0 Å². The lowest BCUT2D eigenvalue weighted by molar-refractivity contribution is 0.0591. The quantitative estimate of drug-likeness (QED) is 0.751. The SMILES string of the molecule is CC(C)[C@H](NC(=O)NC[C@@](C)(O)c1cnn(C)c1)c1ccccn1. The molecule has 0 bridgehead atoms. The van der Waals surface area contributed by atoms with Crippen LogP contribution in [0.15, 0.2) is 36.8 Å². The number of aliphatic hydroxyl groups is 1. The molecule has 0 spiro atoms. The van der Waals surface area contributed by atoms with Crippen LogP contribution in [0.25, 0.3) is 0 Å². The zero-order chi connectivity index (χ0) is 17.7. The molecule has 0 saturated heterocycles. The Balaban J connectivity index is 1.96. The number of rotatable bonds is 6. The molecule has 2 amide bonds. The number of hydrogen-bond acceptors (Lipinski definition) is 4. The molecule has 0 aliphatic carbocycles. The Bertz CT molecular complexity index is 667. The van der Waals surface area contributed by atoms with E-state index < -0.39 is 5.60 Å². The highest BCUT2D eigenvalue weighted by Gasteiger charge is 2.26. The first-order valence-corrected chi connectivity index (χ1v) is 7.96. The second-order valence-corrected chi connectivity index (χ2v) is 6.48. The molecule has 7 heteroatoms. The van der Waals surface area contributed by atoms with Crippen LogP contribution in [-0.2, 0) is 12.6 Å². The Morgan fingerprint density at radius 2 is 2.17 bits per heavy atom. The fourth-order valence-electron chi connectivity index (χ4n) is 2.39. The predicted molar refractivity (Wildman–Crippen MR) is 91.1 cm³/mol. The number of amides is 2. The van der Waals surface area contributed by atoms with Gasteiger partial charge in [0.1, 0.15) is 5.60 Å². The highest BCUT2D eigenvalue weighted by atomic mass is 16.3. The first-order chi connectivity index (χ1) is 11.3. The Labute approximate surface area is 142 Å². The van der Waals surface area contributed by atoms with Crippen LogP contribution in [0.2, 0.25) is 0 Å². The van der Waals surface area contributed by atoms with Crippen LogP contribution in [0.4, 0.5) is 4.79 Å². The van der Waals surface area contributed by atoms with Crippen molar-refractivity contribution in [3.63, 3.8) is 0 Å². The third-order valence-corrected chi connectivity index (χ3v) is 3.88. The van der Waals surface area contributed by atoms with Crippen LogP contribution in [-0.4, -0.2) is 32.4 Å². The summed E-state index contributed by atoms with van der Waals surface area (Å²) in [7, 11) is 1.78. The molecule has 130 valence electrons. The standard InChI is InChI=1S/C17H25N5O2/c1-12(2)15(14-7-5-6-8-18-14)21-16(23)19-11-17(3,24)13-9-20-22(4)10-13/h5-10,12,15,24H,11H2,1-4H3,(H2,19,21,23)/t15-,17+/m0/s1. The number of aryl methyl sites for hydroxylation is 1. The minimum absolute atomic E-state index is 0.0809. The number of nitrogens with one attached hydrogen (secondary N) is 2. The molecule has 0 saturated carbocycles. The second kappa shape index (κ2) is 7.44. The number of urea groups is 1. The van der Waals surface area contributed by atoms with E-state index in [1.165, 1.54) is 0 Å². The van der Waals surface area contributed by atoms with Crippen LogP contribution in [0.1, 0.15) is 38.1 Å². The van der Waals surface area contributed by atoms with E-state index >= 15 is 0 Å². The van der Waals surface area contributed by atoms with Gasteiger partial charge in [0.15, 0.2) is 0 Å². The van der Waals surface area contributed by atoms with E-state index in [0.29, 0.717) is 5.56 Å². The summed E-state index contributed by atoms with van der Waals surface area (Å²) in [5.74, 6) is 0.185. The van der Waals surface area contributed by atoms with Crippen LogP contribution >= 0.6 is 0 Å². The molecule has 7 nitrogen and oxygen atoms in total. The number of hydrogen-bond donors (Lipinski definition) is 3. The van der Waals surface area contributed by atoms with Crippen molar-refractivity contribution in [1.82, 2.24) is 25.4 Å². The molecule has 0 unspecified atom stereocenters. The minimum atomic E-state index is -1.19. The first kappa shape index (κ1) is 17.9. The number of carbonyl (C=O) groups is 1. The van der Waals surface area contributed by atoms with Crippen molar-refractivity contribution in [1.29, 1.82) is 0 Å². The van der Waals surface area contributed by atoms with Crippen LogP contribution in [0.3, 0.4) is 0 Å². The van der Waals surface area contributed by atoms with Gasteiger partial charge in [-0.25, -0.2) is 4.79 Å². The number of aromatic nitrogens is 3. The van der Waals surface area contributed by atoms with Crippen molar-refractivity contribution in [2.24, 2.45) is 13.0 Å². The normalized spacial score (nSPS) is 14.9. The van der Waals surface area contributed by atoms with E-state index in [2.05, 4.69) is 20.7 Å². The summed E-state index contributed by atoms with van der Waals surface area (Å²) in [6, 6.07) is 5.07. The van der Waals surface area contributed by atoms with Gasteiger partial charge in [0.2, 0.25) is 0 Å². The van der Waals surface area contributed by atoms with Crippen LogP contribution in [0.5, 0.6) is 0 Å². The molecule has 3 N–H and O–H groups in total. The van der Waals surface area contributed by atoms with E-state index in [-0.39, 0.29) is 24.5 Å². The zero-order valence-electron chi connectivity index (χ0n) is 14.5. The summed E-state index contributed by atoms with van der Waals surface area (Å²) in [5, 5.41) is 20.2. The zero-order valence-corrected chi connectivity index (χ0v) is 14.5. The summed E-state index contributed by atoms with van der Waals surface area (Å²) in [4.78, 5) is 16.5. The highest BCUT2D eigenvalue weighted by molar-refractivity contribution is 5.74. The second-order valence-electron chi connectivity index (χ2n) is 6.48. The fraction of sp³-hybridized carbons (Fsp3) is 0.471. The van der Waals surface area contributed by atoms with Gasteiger partial charge >= 0.3 is 6.03 Å². The number of pyridine rings is 1. The van der Waals surface area contributed by atoms with Crippen molar-refractivity contribution in [2.75, 3.05) is 6.54 Å². The largest absolute Gasteiger partial charge is 0.383 e. The van der Waals surface area contributed by atoms with Gasteiger partial charge < -0.3 is 15.7 Å². The smallest absolute Gasteiger partial charge is 0.315 e. The molecule has 2 aromatic heterocycles. The van der Waals surface area contributed by atoms with Crippen molar-refractivity contribution < 1.29 is 9.90 Å². The minimum Gasteiger partial charge on any atom is -0.383 e. The monoisotopic (exact) mass is 331 g/mol. The summed E-state index contributed by atoms with van der Waals surface area (Å²) in [5.41, 5.74) is 0.265.